The lowest BCUT2D eigenvalue weighted by Gasteiger charge is -2.22. The van der Waals surface area contributed by atoms with Gasteiger partial charge in [-0.3, -0.25) is 13.9 Å². The molecular weight excluding hydrogens is 416 g/mol. The molecule has 1 aliphatic rings. The number of aliphatic hydroxyl groups is 1. The number of nitrogens with zero attached hydrogens (tertiary/aromatic N) is 2. The second-order valence-corrected chi connectivity index (χ2v) is 7.62. The first-order valence-electron chi connectivity index (χ1n) is 9.48. The third-order valence-electron chi connectivity index (χ3n) is 4.19. The third-order valence-corrected chi connectivity index (χ3v) is 5.29. The molecule has 2 rings (SSSR count). The zero-order chi connectivity index (χ0) is 21.9. The largest absolute Gasteiger partial charge is 0.490 e. The number of amides is 2. The molecule has 12 heteroatoms. The lowest BCUT2D eigenvalue weighted by molar-refractivity contribution is -0.756. The third kappa shape index (κ3) is 8.05. The lowest BCUT2D eigenvalue weighted by Crippen LogP contribution is -2.36. The molecule has 1 atom stereocenters. The summed E-state index contributed by atoms with van der Waals surface area (Å²) in [5, 5.41) is 25.2. The van der Waals surface area contributed by atoms with E-state index in [1.165, 1.54) is 11.2 Å². The molecule has 0 saturated heterocycles. The smallest absolute Gasteiger partial charge is 0.294 e. The standard InChI is InChI=1S/C18H26N4O7S/c1-13(23)21(30-10-9-29-22(26)27)8-7-19-11-14(24)12-28-17-4-2-3-16-15(17)5-6-18(25)20-16/h2-4,14,19,24H,5-12H2,1H3,(H,20,25). The molecule has 0 bridgehead atoms. The van der Waals surface area contributed by atoms with Crippen LogP contribution in [0.4, 0.5) is 5.69 Å². The van der Waals surface area contributed by atoms with Crippen LogP contribution in [0.15, 0.2) is 18.2 Å². The summed E-state index contributed by atoms with van der Waals surface area (Å²) in [6.07, 6.45) is 0.239. The van der Waals surface area contributed by atoms with Crippen molar-refractivity contribution in [1.82, 2.24) is 9.62 Å². The molecule has 0 aliphatic carbocycles. The minimum absolute atomic E-state index is 0.0213. The number of fused-ring (bicyclic) bond motifs is 1. The number of aliphatic hydroxyl groups excluding tert-OH is 1. The van der Waals surface area contributed by atoms with E-state index in [9.17, 15) is 24.8 Å². The number of benzene rings is 1. The number of nitrogens with one attached hydrogen (secondary N) is 2. The number of hydrogen-bond acceptors (Lipinski definition) is 9. The average Bonchev–Trinajstić information content (AvgIpc) is 2.70. The molecule has 11 nitrogen and oxygen atoms in total. The van der Waals surface area contributed by atoms with Gasteiger partial charge in [0.1, 0.15) is 25.1 Å². The van der Waals surface area contributed by atoms with Crippen molar-refractivity contribution in [3.8, 4) is 5.75 Å². The Morgan fingerprint density at radius 3 is 3.00 bits per heavy atom. The van der Waals surface area contributed by atoms with Gasteiger partial charge in [-0.25, -0.2) is 0 Å². The maximum atomic E-state index is 11.6. The summed E-state index contributed by atoms with van der Waals surface area (Å²) in [6, 6.07) is 5.41. The average molecular weight is 442 g/mol. The van der Waals surface area contributed by atoms with E-state index in [0.717, 1.165) is 23.2 Å². The quantitative estimate of drug-likeness (QED) is 0.173. The molecule has 0 spiro atoms. The van der Waals surface area contributed by atoms with Gasteiger partial charge in [0.05, 0.1) is 0 Å². The fourth-order valence-corrected chi connectivity index (χ4v) is 3.57. The molecule has 1 aromatic rings. The maximum Gasteiger partial charge on any atom is 0.294 e. The van der Waals surface area contributed by atoms with Crippen LogP contribution in [0, 0.1) is 10.1 Å². The van der Waals surface area contributed by atoms with Crippen molar-refractivity contribution in [3.63, 3.8) is 0 Å². The number of carbonyl (C=O) groups excluding carboxylic acids is 2. The van der Waals surface area contributed by atoms with E-state index in [2.05, 4.69) is 15.5 Å². The Hall–Kier alpha value is -2.57. The molecule has 1 aromatic carbocycles. The zero-order valence-electron chi connectivity index (χ0n) is 16.7. The van der Waals surface area contributed by atoms with Crippen molar-refractivity contribution in [1.29, 1.82) is 0 Å². The van der Waals surface area contributed by atoms with Gasteiger partial charge in [-0.15, -0.1) is 10.1 Å². The van der Waals surface area contributed by atoms with Crippen LogP contribution in [0.25, 0.3) is 0 Å². The van der Waals surface area contributed by atoms with Crippen LogP contribution in [0.2, 0.25) is 0 Å². The normalized spacial score (nSPS) is 13.7. The first-order valence-corrected chi connectivity index (χ1v) is 10.4. The maximum absolute atomic E-state index is 11.6. The van der Waals surface area contributed by atoms with E-state index in [0.29, 0.717) is 31.7 Å². The topological polar surface area (TPSA) is 143 Å². The van der Waals surface area contributed by atoms with E-state index in [1.54, 1.807) is 12.1 Å². The second kappa shape index (κ2) is 12.2. The molecule has 0 aromatic heterocycles. The van der Waals surface area contributed by atoms with Gasteiger partial charge in [0.2, 0.25) is 11.8 Å². The summed E-state index contributed by atoms with van der Waals surface area (Å²) in [6.45, 7) is 2.47. The van der Waals surface area contributed by atoms with Gasteiger partial charge in [-0.1, -0.05) is 6.07 Å². The molecule has 1 unspecified atom stereocenters. The molecule has 0 radical (unpaired) electrons. The van der Waals surface area contributed by atoms with Gasteiger partial charge in [0.15, 0.2) is 0 Å². The molecule has 30 heavy (non-hydrogen) atoms. The fraction of sp³-hybridized carbons (Fsp3) is 0.556. The van der Waals surface area contributed by atoms with Gasteiger partial charge in [0.25, 0.3) is 5.09 Å². The monoisotopic (exact) mass is 442 g/mol. The molecule has 0 saturated carbocycles. The Balaban J connectivity index is 1.67. The van der Waals surface area contributed by atoms with Crippen molar-refractivity contribution in [2.45, 2.75) is 25.9 Å². The number of hydrogen-bond donors (Lipinski definition) is 3. The molecule has 3 N–H and O–H groups in total. The Labute approximate surface area is 178 Å². The SMILES string of the molecule is CC(=O)N(CCNCC(O)COc1cccc2c1CCC(=O)N2)SCCO[N+](=O)[O-]. The van der Waals surface area contributed by atoms with Crippen molar-refractivity contribution < 1.29 is 29.4 Å². The Morgan fingerprint density at radius 2 is 2.27 bits per heavy atom. The van der Waals surface area contributed by atoms with Crippen LogP contribution in [-0.4, -0.2) is 71.0 Å². The van der Waals surface area contributed by atoms with E-state index in [4.69, 9.17) is 4.74 Å². The highest BCUT2D eigenvalue weighted by molar-refractivity contribution is 7.97. The van der Waals surface area contributed by atoms with Crippen LogP contribution in [0.5, 0.6) is 5.75 Å². The van der Waals surface area contributed by atoms with Crippen molar-refractivity contribution in [3.05, 3.63) is 33.9 Å². The molecule has 1 aliphatic heterocycles. The van der Waals surface area contributed by atoms with E-state index in [1.807, 2.05) is 6.07 Å². The van der Waals surface area contributed by atoms with Crippen LogP contribution in [-0.2, 0) is 20.8 Å². The van der Waals surface area contributed by atoms with E-state index >= 15 is 0 Å². The van der Waals surface area contributed by atoms with Gasteiger partial charge in [-0.2, -0.15) is 0 Å². The minimum Gasteiger partial charge on any atom is -0.490 e. The van der Waals surface area contributed by atoms with Crippen LogP contribution in [0.3, 0.4) is 0 Å². The van der Waals surface area contributed by atoms with Crippen molar-refractivity contribution >= 4 is 29.4 Å². The summed E-state index contributed by atoms with van der Waals surface area (Å²) in [5.41, 5.74) is 1.66. The van der Waals surface area contributed by atoms with Gasteiger partial charge < -0.3 is 25.3 Å². The summed E-state index contributed by atoms with van der Waals surface area (Å²) < 4.78 is 7.20. The number of carbonyl (C=O) groups is 2. The number of ether oxygens (including phenoxy) is 1. The summed E-state index contributed by atoms with van der Waals surface area (Å²) in [4.78, 5) is 37.4. The van der Waals surface area contributed by atoms with Gasteiger partial charge in [0, 0.05) is 50.0 Å². The first-order chi connectivity index (χ1) is 14.4. The summed E-state index contributed by atoms with van der Waals surface area (Å²) in [5.74, 6) is 0.723. The zero-order valence-corrected chi connectivity index (χ0v) is 17.5. The Bertz CT molecular complexity index is 749. The molecule has 1 heterocycles. The number of rotatable bonds is 13. The van der Waals surface area contributed by atoms with E-state index < -0.39 is 11.2 Å². The van der Waals surface area contributed by atoms with Crippen LogP contribution < -0.4 is 15.4 Å². The lowest BCUT2D eigenvalue weighted by atomic mass is 10.0. The van der Waals surface area contributed by atoms with Crippen LogP contribution in [0.1, 0.15) is 18.9 Å². The molecular formula is C18H26N4O7S. The van der Waals surface area contributed by atoms with Gasteiger partial charge in [-0.05, 0) is 30.5 Å². The molecule has 0 fully saturated rings. The first kappa shape index (κ1) is 23.7. The summed E-state index contributed by atoms with van der Waals surface area (Å²) in [7, 11) is 0. The Morgan fingerprint density at radius 1 is 1.47 bits per heavy atom. The number of anilines is 1. The highest BCUT2D eigenvalue weighted by atomic mass is 32.2. The molecule has 166 valence electrons. The summed E-state index contributed by atoms with van der Waals surface area (Å²) >= 11 is 1.15. The fourth-order valence-electron chi connectivity index (χ4n) is 2.79. The van der Waals surface area contributed by atoms with E-state index in [-0.39, 0.29) is 37.3 Å². The predicted molar refractivity (Wildman–Crippen MR) is 111 cm³/mol. The minimum atomic E-state index is -0.870. The molecule has 2 amide bonds. The van der Waals surface area contributed by atoms with Gasteiger partial charge >= 0.3 is 0 Å². The van der Waals surface area contributed by atoms with Crippen molar-refractivity contribution in [2.24, 2.45) is 0 Å². The highest BCUT2D eigenvalue weighted by Gasteiger charge is 2.19. The van der Waals surface area contributed by atoms with Crippen LogP contribution >= 0.6 is 11.9 Å². The van der Waals surface area contributed by atoms with Crippen molar-refractivity contribution in [2.75, 3.05) is 43.9 Å². The predicted octanol–water partition coefficient (Wildman–Crippen LogP) is 0.606. The Kier molecular flexibility index (Phi) is 9.64. The highest BCUT2D eigenvalue weighted by Crippen LogP contribution is 2.31. The second-order valence-electron chi connectivity index (χ2n) is 6.51.